The van der Waals surface area contributed by atoms with Crippen molar-refractivity contribution in [1.29, 1.82) is 0 Å². The van der Waals surface area contributed by atoms with Crippen molar-refractivity contribution in [2.45, 2.75) is 57.0 Å². The highest BCUT2D eigenvalue weighted by molar-refractivity contribution is 7.52. The van der Waals surface area contributed by atoms with Crippen LogP contribution in [-0.4, -0.2) is 57.9 Å². The second kappa shape index (κ2) is 11.6. The lowest BCUT2D eigenvalue weighted by atomic mass is 9.97. The maximum atomic E-state index is 15.2. The van der Waals surface area contributed by atoms with Gasteiger partial charge in [0.15, 0.2) is 12.4 Å². The van der Waals surface area contributed by atoms with Crippen LogP contribution in [0.1, 0.15) is 27.0 Å². The summed E-state index contributed by atoms with van der Waals surface area (Å²) in [6, 6.07) is 9.15. The summed E-state index contributed by atoms with van der Waals surface area (Å²) >= 11 is 0. The number of hydrogen-bond donors (Lipinski definition) is 3. The molecule has 0 radical (unpaired) electrons. The van der Waals surface area contributed by atoms with E-state index in [0.717, 1.165) is 10.6 Å². The average Bonchev–Trinajstić information content (AvgIpc) is 3.08. The van der Waals surface area contributed by atoms with Crippen molar-refractivity contribution in [3.63, 3.8) is 0 Å². The highest BCUT2D eigenvalue weighted by Gasteiger charge is 2.56. The fourth-order valence-corrected chi connectivity index (χ4v) is 5.07. The standard InChI is InChI=1S/C23H32FN4O7P/c1-5-23(20(29)19(24)21(34-23)28-12-11-18(25)26-22(28)30)14-33-36(31,27-16(4)13-32-15(2)3)35-17-9-7-6-8-10-17/h5-12,15-16,19-21,29H,1,13-14H2,2-4H3,(H,27,31)(H2,25,26,30)/t16?,19-,20+,21-,23-,36?/m1/s1. The summed E-state index contributed by atoms with van der Waals surface area (Å²) < 4.78 is 52.4. The second-order valence-corrected chi connectivity index (χ2v) is 10.4. The summed E-state index contributed by atoms with van der Waals surface area (Å²) in [4.78, 5) is 15.8. The lowest BCUT2D eigenvalue weighted by Crippen LogP contribution is -2.45. The van der Waals surface area contributed by atoms with Crippen LogP contribution in [0, 0.1) is 0 Å². The summed E-state index contributed by atoms with van der Waals surface area (Å²) in [5.41, 5.74) is 2.77. The van der Waals surface area contributed by atoms with Gasteiger partial charge in [-0.3, -0.25) is 9.09 Å². The number of nitrogen functional groups attached to an aromatic ring is 1. The van der Waals surface area contributed by atoms with Crippen LogP contribution in [0.2, 0.25) is 0 Å². The highest BCUT2D eigenvalue weighted by Crippen LogP contribution is 2.48. The zero-order valence-corrected chi connectivity index (χ0v) is 21.2. The molecule has 0 bridgehead atoms. The SMILES string of the molecule is C=C[C@]1(COP(=O)(NC(C)COC(C)C)Oc2ccccc2)O[C@@H](n2ccc(N)nc2=O)[C@H](F)[C@@H]1O. The molecule has 1 aromatic carbocycles. The lowest BCUT2D eigenvalue weighted by Gasteiger charge is -2.31. The van der Waals surface area contributed by atoms with Crippen LogP contribution in [0.15, 0.2) is 60.0 Å². The molecule has 1 aliphatic heterocycles. The summed E-state index contributed by atoms with van der Waals surface area (Å²) in [6.45, 7) is 8.68. The van der Waals surface area contributed by atoms with E-state index in [1.807, 2.05) is 13.8 Å². The van der Waals surface area contributed by atoms with Crippen LogP contribution in [0.25, 0.3) is 0 Å². The van der Waals surface area contributed by atoms with Crippen LogP contribution in [0.3, 0.4) is 0 Å². The third-order valence-electron chi connectivity index (χ3n) is 5.37. The number of rotatable bonds is 12. The Labute approximate surface area is 208 Å². The van der Waals surface area contributed by atoms with Crippen LogP contribution in [0.4, 0.5) is 10.2 Å². The highest BCUT2D eigenvalue weighted by atomic mass is 31.2. The molecule has 2 heterocycles. The van der Waals surface area contributed by atoms with Gasteiger partial charge in [-0.15, -0.1) is 6.58 Å². The fourth-order valence-electron chi connectivity index (χ4n) is 3.50. The molecule has 4 N–H and O–H groups in total. The van der Waals surface area contributed by atoms with E-state index in [1.54, 1.807) is 37.3 Å². The Balaban J connectivity index is 1.83. The predicted octanol–water partition coefficient (Wildman–Crippen LogP) is 2.58. The molecule has 0 saturated carbocycles. The molecule has 6 atom stereocenters. The molecular formula is C23H32FN4O7P. The zero-order chi connectivity index (χ0) is 26.5. The first kappa shape index (κ1) is 28.0. The molecule has 2 unspecified atom stereocenters. The van der Waals surface area contributed by atoms with Crippen LogP contribution >= 0.6 is 7.75 Å². The molecule has 36 heavy (non-hydrogen) atoms. The fraction of sp³-hybridized carbons (Fsp3) is 0.478. The Kier molecular flexibility index (Phi) is 9.04. The van der Waals surface area contributed by atoms with Gasteiger partial charge in [0.05, 0.1) is 19.3 Å². The molecular weight excluding hydrogens is 494 g/mol. The Hall–Kier alpha value is -2.60. The number of nitrogens with zero attached hydrogens (tertiary/aromatic N) is 2. The van der Waals surface area contributed by atoms with Crippen LogP contribution in [0.5, 0.6) is 5.75 Å². The first-order valence-electron chi connectivity index (χ1n) is 11.4. The minimum atomic E-state index is -4.11. The largest absolute Gasteiger partial charge is 0.459 e. The predicted molar refractivity (Wildman–Crippen MR) is 131 cm³/mol. The van der Waals surface area contributed by atoms with Gasteiger partial charge < -0.3 is 24.8 Å². The number of hydrogen-bond acceptors (Lipinski definition) is 9. The maximum absolute atomic E-state index is 15.2. The number of aliphatic hydroxyl groups excluding tert-OH is 1. The van der Waals surface area contributed by atoms with Crippen LogP contribution < -0.4 is 21.0 Å². The summed E-state index contributed by atoms with van der Waals surface area (Å²) in [7, 11) is -4.11. The summed E-state index contributed by atoms with van der Waals surface area (Å²) in [5.74, 6) is 0.204. The second-order valence-electron chi connectivity index (χ2n) is 8.69. The van der Waals surface area contributed by atoms with Gasteiger partial charge in [0.1, 0.15) is 23.3 Å². The Morgan fingerprint density at radius 1 is 1.36 bits per heavy atom. The molecule has 11 nitrogen and oxygen atoms in total. The van der Waals surface area contributed by atoms with Crippen molar-refractivity contribution in [3.8, 4) is 5.75 Å². The number of ether oxygens (including phenoxy) is 2. The maximum Gasteiger partial charge on any atom is 0.459 e. The molecule has 1 fully saturated rings. The van der Waals surface area contributed by atoms with Crippen molar-refractivity contribution < 1.29 is 32.6 Å². The van der Waals surface area contributed by atoms with Crippen molar-refractivity contribution in [2.75, 3.05) is 18.9 Å². The van der Waals surface area contributed by atoms with Crippen molar-refractivity contribution in [1.82, 2.24) is 14.6 Å². The molecule has 1 aliphatic rings. The van der Waals surface area contributed by atoms with Crippen molar-refractivity contribution in [2.24, 2.45) is 0 Å². The molecule has 0 aliphatic carbocycles. The number of aliphatic hydroxyl groups is 1. The van der Waals surface area contributed by atoms with E-state index in [4.69, 9.17) is 24.3 Å². The third kappa shape index (κ3) is 6.58. The average molecular weight is 527 g/mol. The number of nitrogens with two attached hydrogens (primary N) is 1. The Morgan fingerprint density at radius 3 is 2.67 bits per heavy atom. The van der Waals surface area contributed by atoms with E-state index in [1.165, 1.54) is 12.3 Å². The van der Waals surface area contributed by atoms with E-state index in [0.29, 0.717) is 0 Å². The molecule has 3 rings (SSSR count). The Morgan fingerprint density at radius 2 is 2.06 bits per heavy atom. The first-order valence-corrected chi connectivity index (χ1v) is 12.9. The van der Waals surface area contributed by atoms with E-state index < -0.39 is 50.2 Å². The van der Waals surface area contributed by atoms with Crippen molar-refractivity contribution in [3.05, 3.63) is 65.7 Å². The number of anilines is 1. The minimum Gasteiger partial charge on any atom is -0.413 e. The minimum absolute atomic E-state index is 0.0517. The van der Waals surface area contributed by atoms with Crippen molar-refractivity contribution >= 4 is 13.6 Å². The topological polar surface area (TPSA) is 147 Å². The van der Waals surface area contributed by atoms with E-state index in [-0.39, 0.29) is 24.3 Å². The number of nitrogens with one attached hydrogen (secondary N) is 1. The summed E-state index contributed by atoms with van der Waals surface area (Å²) in [6.07, 6.45) is -3.14. The molecule has 2 aromatic rings. The number of alkyl halides is 1. The Bertz CT molecular complexity index is 1130. The van der Waals surface area contributed by atoms with E-state index in [2.05, 4.69) is 16.7 Å². The number of aromatic nitrogens is 2. The van der Waals surface area contributed by atoms with E-state index in [9.17, 15) is 14.5 Å². The monoisotopic (exact) mass is 526 g/mol. The molecule has 1 aromatic heterocycles. The number of benzene rings is 1. The van der Waals surface area contributed by atoms with Gasteiger partial charge >= 0.3 is 13.4 Å². The van der Waals surface area contributed by atoms with Gasteiger partial charge in [0, 0.05) is 12.2 Å². The molecule has 13 heteroatoms. The first-order chi connectivity index (χ1) is 17.0. The zero-order valence-electron chi connectivity index (χ0n) is 20.3. The lowest BCUT2D eigenvalue weighted by molar-refractivity contribution is -0.0947. The molecule has 0 amide bonds. The number of para-hydroxylation sites is 1. The third-order valence-corrected chi connectivity index (χ3v) is 7.05. The smallest absolute Gasteiger partial charge is 0.413 e. The molecule has 0 spiro atoms. The van der Waals surface area contributed by atoms with E-state index >= 15 is 4.39 Å². The normalized spacial score (nSPS) is 26.4. The van der Waals surface area contributed by atoms with Gasteiger partial charge in [0.25, 0.3) is 0 Å². The quantitative estimate of drug-likeness (QED) is 0.278. The van der Waals surface area contributed by atoms with Gasteiger partial charge in [0.2, 0.25) is 0 Å². The molecule has 1 saturated heterocycles. The summed E-state index contributed by atoms with van der Waals surface area (Å²) in [5, 5.41) is 13.5. The number of halogens is 1. The van der Waals surface area contributed by atoms with Gasteiger partial charge in [-0.25, -0.2) is 18.8 Å². The van der Waals surface area contributed by atoms with Gasteiger partial charge in [-0.2, -0.15) is 4.98 Å². The molecule has 198 valence electrons. The van der Waals surface area contributed by atoms with Crippen LogP contribution in [-0.2, 0) is 18.6 Å². The van der Waals surface area contributed by atoms with Gasteiger partial charge in [-0.05, 0) is 39.0 Å². The van der Waals surface area contributed by atoms with Gasteiger partial charge in [-0.1, -0.05) is 24.3 Å².